The molecule has 1 heterocycles. The topological polar surface area (TPSA) is 108 Å². The molecule has 1 saturated heterocycles. The number of benzene rings is 2. The number of nitrogens with one attached hydrogen (secondary N) is 2. The first-order valence-corrected chi connectivity index (χ1v) is 11.8. The summed E-state index contributed by atoms with van der Waals surface area (Å²) >= 11 is 0. The molecule has 1 fully saturated rings. The quantitative estimate of drug-likeness (QED) is 0.607. The number of rotatable bonds is 7. The largest absolute Gasteiger partial charge is 0.465 e. The highest BCUT2D eigenvalue weighted by atomic mass is 32.2. The van der Waals surface area contributed by atoms with Crippen molar-refractivity contribution in [1.29, 1.82) is 0 Å². The molecule has 0 atom stereocenters. The number of likely N-dealkylation sites (N-methyl/N-ethyl adjacent to an activating group) is 1. The minimum absolute atomic E-state index is 0.0535. The second kappa shape index (κ2) is 10.1. The lowest BCUT2D eigenvalue weighted by molar-refractivity contribution is 0.0602. The zero-order chi connectivity index (χ0) is 23.3. The zero-order valence-electron chi connectivity index (χ0n) is 18.4. The third-order valence-corrected chi connectivity index (χ3v) is 6.85. The molecule has 2 N–H and O–H groups in total. The number of methoxy groups -OCH3 is 1. The van der Waals surface area contributed by atoms with Crippen LogP contribution in [0.25, 0.3) is 0 Å². The van der Waals surface area contributed by atoms with Crippen molar-refractivity contribution in [3.05, 3.63) is 53.6 Å². The van der Waals surface area contributed by atoms with Crippen molar-refractivity contribution in [2.24, 2.45) is 0 Å². The van der Waals surface area contributed by atoms with Gasteiger partial charge in [-0.3, -0.25) is 4.79 Å². The Morgan fingerprint density at radius 2 is 1.75 bits per heavy atom. The number of carbonyl (C=O) groups is 2. The molecule has 1 amide bonds. The van der Waals surface area contributed by atoms with E-state index in [1.54, 1.807) is 43.3 Å². The number of hydrogen-bond donors (Lipinski definition) is 2. The first kappa shape index (κ1) is 23.7. The van der Waals surface area contributed by atoms with Crippen LogP contribution in [0.2, 0.25) is 0 Å². The van der Waals surface area contributed by atoms with E-state index in [-0.39, 0.29) is 28.3 Å². The molecular formula is C22H28N4O5S. The smallest absolute Gasteiger partial charge is 0.339 e. The molecule has 32 heavy (non-hydrogen) atoms. The maximum Gasteiger partial charge on any atom is 0.339 e. The summed E-state index contributed by atoms with van der Waals surface area (Å²) < 4.78 is 33.1. The summed E-state index contributed by atoms with van der Waals surface area (Å²) in [5.74, 6) is -1.11. The first-order chi connectivity index (χ1) is 15.3. The van der Waals surface area contributed by atoms with Gasteiger partial charge in [0.15, 0.2) is 0 Å². The lowest BCUT2D eigenvalue weighted by Crippen LogP contribution is -2.45. The molecule has 9 nitrogen and oxygen atoms in total. The monoisotopic (exact) mass is 460 g/mol. The third-order valence-electron chi connectivity index (χ3n) is 5.27. The summed E-state index contributed by atoms with van der Waals surface area (Å²) in [6.07, 6.45) is 0. The zero-order valence-corrected chi connectivity index (χ0v) is 19.2. The minimum atomic E-state index is -3.82. The summed E-state index contributed by atoms with van der Waals surface area (Å²) in [6.45, 7) is 4.92. The van der Waals surface area contributed by atoms with Gasteiger partial charge in [0, 0.05) is 38.3 Å². The number of amides is 1. The van der Waals surface area contributed by atoms with Crippen LogP contribution < -0.4 is 14.9 Å². The van der Waals surface area contributed by atoms with Crippen molar-refractivity contribution in [3.63, 3.8) is 0 Å². The highest BCUT2D eigenvalue weighted by molar-refractivity contribution is 7.89. The van der Waals surface area contributed by atoms with Gasteiger partial charge in [0.05, 0.1) is 24.0 Å². The Kier molecular flexibility index (Phi) is 7.49. The van der Waals surface area contributed by atoms with Crippen LogP contribution in [0.15, 0.2) is 47.4 Å². The van der Waals surface area contributed by atoms with Gasteiger partial charge in [-0.15, -0.1) is 0 Å². The van der Waals surface area contributed by atoms with Crippen LogP contribution in [-0.4, -0.2) is 72.1 Å². The van der Waals surface area contributed by atoms with E-state index in [4.69, 9.17) is 4.74 Å². The number of hydrogen-bond acceptors (Lipinski definition) is 7. The molecule has 0 radical (unpaired) electrons. The summed E-state index contributed by atoms with van der Waals surface area (Å²) in [4.78, 5) is 29.2. The molecular weight excluding hydrogens is 432 g/mol. The lowest BCUT2D eigenvalue weighted by atomic mass is 10.1. The number of ether oxygens (including phenoxy) is 1. The Balaban J connectivity index is 1.96. The van der Waals surface area contributed by atoms with E-state index >= 15 is 0 Å². The number of anilines is 2. The van der Waals surface area contributed by atoms with E-state index in [0.29, 0.717) is 18.8 Å². The van der Waals surface area contributed by atoms with Crippen LogP contribution in [0.3, 0.4) is 0 Å². The van der Waals surface area contributed by atoms with Crippen molar-refractivity contribution in [3.8, 4) is 0 Å². The van der Waals surface area contributed by atoms with Crippen LogP contribution in [0.5, 0.6) is 0 Å². The van der Waals surface area contributed by atoms with Gasteiger partial charge in [0.2, 0.25) is 10.0 Å². The van der Waals surface area contributed by atoms with Crippen LogP contribution >= 0.6 is 0 Å². The van der Waals surface area contributed by atoms with Gasteiger partial charge in [0.25, 0.3) is 5.91 Å². The molecule has 1 aliphatic heterocycles. The molecule has 2 aromatic rings. The van der Waals surface area contributed by atoms with E-state index in [9.17, 15) is 18.0 Å². The SMILES string of the molecule is CCNS(=O)(=O)c1cc(C(=O)Nc2ccccc2C(=O)OC)ccc1N1CCN(C)CC1. The first-order valence-electron chi connectivity index (χ1n) is 10.3. The second-order valence-electron chi connectivity index (χ2n) is 7.47. The van der Waals surface area contributed by atoms with E-state index in [1.807, 2.05) is 11.9 Å². The fourth-order valence-electron chi connectivity index (χ4n) is 3.52. The Labute approximate surface area is 188 Å². The average molecular weight is 461 g/mol. The summed E-state index contributed by atoms with van der Waals surface area (Å²) in [7, 11) is -0.537. The maximum absolute atomic E-state index is 12.9. The number of carbonyl (C=O) groups excluding carboxylic acids is 2. The van der Waals surface area contributed by atoms with E-state index in [0.717, 1.165) is 13.1 Å². The summed E-state index contributed by atoms with van der Waals surface area (Å²) in [5, 5.41) is 2.68. The van der Waals surface area contributed by atoms with Gasteiger partial charge < -0.3 is 19.9 Å². The molecule has 1 aliphatic rings. The van der Waals surface area contributed by atoms with Crippen molar-refractivity contribution in [2.75, 3.05) is 57.1 Å². The Morgan fingerprint density at radius 1 is 1.06 bits per heavy atom. The van der Waals surface area contributed by atoms with Crippen molar-refractivity contribution >= 4 is 33.3 Å². The van der Waals surface area contributed by atoms with Gasteiger partial charge in [0.1, 0.15) is 4.90 Å². The van der Waals surface area contributed by atoms with Crippen molar-refractivity contribution in [1.82, 2.24) is 9.62 Å². The van der Waals surface area contributed by atoms with E-state index in [1.165, 1.54) is 13.2 Å². The normalized spacial score (nSPS) is 14.8. The van der Waals surface area contributed by atoms with Crippen LogP contribution in [0.1, 0.15) is 27.6 Å². The average Bonchev–Trinajstić information content (AvgIpc) is 2.79. The highest BCUT2D eigenvalue weighted by Crippen LogP contribution is 2.28. The van der Waals surface area contributed by atoms with E-state index < -0.39 is 21.9 Å². The molecule has 0 aromatic heterocycles. The van der Waals surface area contributed by atoms with Gasteiger partial charge in [-0.2, -0.15) is 0 Å². The van der Waals surface area contributed by atoms with Crippen molar-refractivity contribution < 1.29 is 22.7 Å². The van der Waals surface area contributed by atoms with Gasteiger partial charge in [-0.05, 0) is 37.4 Å². The molecule has 3 rings (SSSR count). The Morgan fingerprint density at radius 3 is 2.41 bits per heavy atom. The number of esters is 1. The molecule has 172 valence electrons. The predicted octanol–water partition coefficient (Wildman–Crippen LogP) is 1.78. The highest BCUT2D eigenvalue weighted by Gasteiger charge is 2.25. The lowest BCUT2D eigenvalue weighted by Gasteiger charge is -2.35. The molecule has 10 heteroatoms. The molecule has 2 aromatic carbocycles. The number of para-hydroxylation sites is 1. The van der Waals surface area contributed by atoms with Gasteiger partial charge in [-0.25, -0.2) is 17.9 Å². The third kappa shape index (κ3) is 5.26. The fourth-order valence-corrected chi connectivity index (χ4v) is 4.81. The van der Waals surface area contributed by atoms with Crippen LogP contribution in [-0.2, 0) is 14.8 Å². The summed E-state index contributed by atoms with van der Waals surface area (Å²) in [6, 6.07) is 11.1. The molecule has 0 spiro atoms. The molecule has 0 bridgehead atoms. The van der Waals surface area contributed by atoms with Gasteiger partial charge >= 0.3 is 5.97 Å². The summed E-state index contributed by atoms with van der Waals surface area (Å²) in [5.41, 5.74) is 1.21. The second-order valence-corrected chi connectivity index (χ2v) is 9.20. The number of nitrogens with zero attached hydrogens (tertiary/aromatic N) is 2. The van der Waals surface area contributed by atoms with Crippen molar-refractivity contribution in [2.45, 2.75) is 11.8 Å². The Hall–Kier alpha value is -2.95. The van der Waals surface area contributed by atoms with Gasteiger partial charge in [-0.1, -0.05) is 19.1 Å². The predicted molar refractivity (Wildman–Crippen MR) is 123 cm³/mol. The van der Waals surface area contributed by atoms with E-state index in [2.05, 4.69) is 14.9 Å². The minimum Gasteiger partial charge on any atom is -0.465 e. The number of piperazine rings is 1. The molecule has 0 aliphatic carbocycles. The molecule has 0 saturated carbocycles. The van der Waals surface area contributed by atoms with Crippen LogP contribution in [0.4, 0.5) is 11.4 Å². The van der Waals surface area contributed by atoms with Crippen LogP contribution in [0, 0.1) is 0 Å². The Bertz CT molecular complexity index is 1100. The fraction of sp³-hybridized carbons (Fsp3) is 0.364. The molecule has 0 unspecified atom stereocenters. The number of sulfonamides is 1. The maximum atomic E-state index is 12.9. The standard InChI is InChI=1S/C22H28N4O5S/c1-4-23-32(29,30)20-15-16(9-10-19(20)26-13-11-25(2)12-14-26)21(27)24-18-8-6-5-7-17(18)22(28)31-3/h5-10,15,23H,4,11-14H2,1-3H3,(H,24,27).